The third-order valence-corrected chi connectivity index (χ3v) is 7.16. The standard InChI is InChI=1S/C32H35ClN4O4/c1-39-28-13-11-24(19-25(28)22-37-17-8-15-34-37)21-36-16-6-2-3-7-18-40-30-9-4-5-10-31(30)41-29-14-12-26(33)20-27(29)35-32(38)23-36/h4-5,8-15,17,19-20H,2-3,6-7,16,18,21-23H2,1H3,(H,35,38). The molecular formula is C32H35ClN4O4. The minimum absolute atomic E-state index is 0.140. The number of carbonyl (C=O) groups is 1. The number of para-hydroxylation sites is 2. The molecule has 0 radical (unpaired) electrons. The van der Waals surface area contributed by atoms with Gasteiger partial charge >= 0.3 is 0 Å². The average molecular weight is 575 g/mol. The average Bonchev–Trinajstić information content (AvgIpc) is 3.47. The monoisotopic (exact) mass is 574 g/mol. The van der Waals surface area contributed by atoms with E-state index in [0.717, 1.165) is 49.1 Å². The molecular weight excluding hydrogens is 540 g/mol. The van der Waals surface area contributed by atoms with E-state index in [0.29, 0.717) is 47.7 Å². The lowest BCUT2D eigenvalue weighted by molar-refractivity contribution is -0.117. The Labute approximate surface area is 245 Å². The largest absolute Gasteiger partial charge is 0.496 e. The van der Waals surface area contributed by atoms with Crippen molar-refractivity contribution in [3.05, 3.63) is 95.3 Å². The van der Waals surface area contributed by atoms with Crippen molar-refractivity contribution < 1.29 is 19.0 Å². The summed E-state index contributed by atoms with van der Waals surface area (Å²) in [5.41, 5.74) is 2.65. The zero-order valence-electron chi connectivity index (χ0n) is 23.2. The molecule has 41 heavy (non-hydrogen) atoms. The van der Waals surface area contributed by atoms with Gasteiger partial charge in [0.1, 0.15) is 5.75 Å². The molecule has 0 aliphatic carbocycles. The number of anilines is 1. The number of benzene rings is 3. The molecule has 0 fully saturated rings. The number of aromatic nitrogens is 2. The van der Waals surface area contributed by atoms with Gasteiger partial charge < -0.3 is 19.5 Å². The molecule has 1 aromatic heterocycles. The quantitative estimate of drug-likeness (QED) is 0.283. The van der Waals surface area contributed by atoms with Gasteiger partial charge in [-0.1, -0.05) is 42.6 Å². The van der Waals surface area contributed by atoms with Crippen molar-refractivity contribution in [2.75, 3.05) is 32.1 Å². The zero-order chi connectivity index (χ0) is 28.4. The molecule has 9 heteroatoms. The van der Waals surface area contributed by atoms with Gasteiger partial charge in [0.15, 0.2) is 17.2 Å². The Morgan fingerprint density at radius 3 is 2.63 bits per heavy atom. The third kappa shape index (κ3) is 8.02. The zero-order valence-corrected chi connectivity index (χ0v) is 24.0. The van der Waals surface area contributed by atoms with Crippen molar-refractivity contribution >= 4 is 23.2 Å². The highest BCUT2D eigenvalue weighted by atomic mass is 35.5. The van der Waals surface area contributed by atoms with Crippen molar-refractivity contribution in [3.8, 4) is 23.0 Å². The highest BCUT2D eigenvalue weighted by Gasteiger charge is 2.17. The Morgan fingerprint density at radius 2 is 1.80 bits per heavy atom. The predicted molar refractivity (Wildman–Crippen MR) is 160 cm³/mol. The number of methoxy groups -OCH3 is 1. The van der Waals surface area contributed by atoms with Gasteiger partial charge in [0, 0.05) is 29.5 Å². The normalized spacial score (nSPS) is 15.1. The summed E-state index contributed by atoms with van der Waals surface area (Å²) in [5.74, 6) is 2.43. The Hall–Kier alpha value is -4.01. The van der Waals surface area contributed by atoms with Crippen LogP contribution in [0, 0.1) is 0 Å². The van der Waals surface area contributed by atoms with E-state index in [1.165, 1.54) is 0 Å². The van der Waals surface area contributed by atoms with Crippen molar-refractivity contribution in [2.24, 2.45) is 0 Å². The first-order chi connectivity index (χ1) is 20.1. The predicted octanol–water partition coefficient (Wildman–Crippen LogP) is 6.78. The van der Waals surface area contributed by atoms with E-state index in [9.17, 15) is 4.79 Å². The Balaban J connectivity index is 1.36. The van der Waals surface area contributed by atoms with Gasteiger partial charge in [0.25, 0.3) is 0 Å². The van der Waals surface area contributed by atoms with Crippen LogP contribution in [0.25, 0.3) is 0 Å². The van der Waals surface area contributed by atoms with E-state index in [1.807, 2.05) is 47.3 Å². The van der Waals surface area contributed by atoms with Crippen LogP contribution in [0.3, 0.4) is 0 Å². The lowest BCUT2D eigenvalue weighted by atomic mass is 10.1. The summed E-state index contributed by atoms with van der Waals surface area (Å²) in [7, 11) is 1.68. The number of amides is 1. The molecule has 214 valence electrons. The molecule has 1 N–H and O–H groups in total. The molecule has 8 nitrogen and oxygen atoms in total. The molecule has 0 saturated carbocycles. The maximum absolute atomic E-state index is 13.4. The minimum Gasteiger partial charge on any atom is -0.496 e. The molecule has 1 aliphatic heterocycles. The van der Waals surface area contributed by atoms with Crippen LogP contribution >= 0.6 is 11.6 Å². The minimum atomic E-state index is -0.140. The van der Waals surface area contributed by atoms with Crippen LogP contribution < -0.4 is 19.5 Å². The molecule has 0 spiro atoms. The number of halogens is 1. The van der Waals surface area contributed by atoms with Crippen molar-refractivity contribution in [2.45, 2.75) is 38.8 Å². The van der Waals surface area contributed by atoms with E-state index in [1.54, 1.807) is 31.5 Å². The van der Waals surface area contributed by atoms with Gasteiger partial charge in [-0.25, -0.2) is 0 Å². The number of carbonyl (C=O) groups excluding carboxylic acids is 1. The number of hydrogen-bond donors (Lipinski definition) is 1. The van der Waals surface area contributed by atoms with Crippen molar-refractivity contribution in [3.63, 3.8) is 0 Å². The smallest absolute Gasteiger partial charge is 0.238 e. The summed E-state index contributed by atoms with van der Waals surface area (Å²) in [5, 5.41) is 7.87. The fourth-order valence-electron chi connectivity index (χ4n) is 4.92. The summed E-state index contributed by atoms with van der Waals surface area (Å²) < 4.78 is 19.7. The topological polar surface area (TPSA) is 77.9 Å². The Bertz CT molecular complexity index is 1440. The van der Waals surface area contributed by atoms with E-state index in [-0.39, 0.29) is 12.5 Å². The lowest BCUT2D eigenvalue weighted by Crippen LogP contribution is -2.33. The molecule has 1 aliphatic rings. The Kier molecular flexibility index (Phi) is 9.78. The van der Waals surface area contributed by atoms with Crippen LogP contribution in [-0.4, -0.2) is 47.4 Å². The number of rotatable bonds is 5. The van der Waals surface area contributed by atoms with Gasteiger partial charge in [-0.15, -0.1) is 0 Å². The third-order valence-electron chi connectivity index (χ3n) is 6.92. The Morgan fingerprint density at radius 1 is 0.951 bits per heavy atom. The maximum Gasteiger partial charge on any atom is 0.238 e. The highest BCUT2D eigenvalue weighted by Crippen LogP contribution is 2.36. The number of nitrogens with zero attached hydrogens (tertiary/aromatic N) is 3. The summed E-state index contributed by atoms with van der Waals surface area (Å²) in [6.07, 6.45) is 7.70. The van der Waals surface area contributed by atoms with E-state index in [4.69, 9.17) is 25.8 Å². The second-order valence-corrected chi connectivity index (χ2v) is 10.5. The molecule has 2 heterocycles. The van der Waals surface area contributed by atoms with Gasteiger partial charge in [-0.3, -0.25) is 14.4 Å². The van der Waals surface area contributed by atoms with Crippen LogP contribution in [0.15, 0.2) is 79.1 Å². The van der Waals surface area contributed by atoms with Crippen LogP contribution in [0.1, 0.15) is 36.8 Å². The van der Waals surface area contributed by atoms with Gasteiger partial charge in [0.05, 0.1) is 32.5 Å². The van der Waals surface area contributed by atoms with E-state index < -0.39 is 0 Å². The summed E-state index contributed by atoms with van der Waals surface area (Å²) in [6, 6.07) is 20.8. The molecule has 0 unspecified atom stereocenters. The first kappa shape index (κ1) is 28.5. The SMILES string of the molecule is COc1ccc(CN2CCCCCCOc3ccccc3Oc3ccc(Cl)cc3NC(=O)C2)cc1Cn1cccn1. The van der Waals surface area contributed by atoms with Crippen LogP contribution in [0.2, 0.25) is 5.02 Å². The van der Waals surface area contributed by atoms with Gasteiger partial charge in [-0.2, -0.15) is 5.10 Å². The summed E-state index contributed by atoms with van der Waals surface area (Å²) in [4.78, 5) is 15.5. The molecule has 4 aromatic rings. The summed E-state index contributed by atoms with van der Waals surface area (Å²) in [6.45, 7) is 2.86. The molecule has 1 amide bonds. The molecule has 3 aromatic carbocycles. The van der Waals surface area contributed by atoms with E-state index in [2.05, 4.69) is 27.4 Å². The summed E-state index contributed by atoms with van der Waals surface area (Å²) >= 11 is 6.31. The number of nitrogens with one attached hydrogen (secondary N) is 1. The van der Waals surface area contributed by atoms with Gasteiger partial charge in [0.2, 0.25) is 5.91 Å². The maximum atomic E-state index is 13.4. The number of ether oxygens (including phenoxy) is 3. The van der Waals surface area contributed by atoms with Crippen LogP contribution in [0.4, 0.5) is 5.69 Å². The van der Waals surface area contributed by atoms with Crippen molar-refractivity contribution in [1.82, 2.24) is 14.7 Å². The fourth-order valence-corrected chi connectivity index (χ4v) is 5.09. The highest BCUT2D eigenvalue weighted by molar-refractivity contribution is 6.31. The van der Waals surface area contributed by atoms with Crippen molar-refractivity contribution in [1.29, 1.82) is 0 Å². The van der Waals surface area contributed by atoms with E-state index >= 15 is 0 Å². The molecule has 0 atom stereocenters. The van der Waals surface area contributed by atoms with Crippen LogP contribution in [0.5, 0.6) is 23.0 Å². The number of hydrogen-bond acceptors (Lipinski definition) is 6. The van der Waals surface area contributed by atoms with Crippen LogP contribution in [-0.2, 0) is 17.9 Å². The lowest BCUT2D eigenvalue weighted by Gasteiger charge is -2.23. The number of fused-ring (bicyclic) bond motifs is 2. The first-order valence-electron chi connectivity index (χ1n) is 13.9. The fraction of sp³-hybridized carbons (Fsp3) is 0.312. The molecule has 0 saturated heterocycles. The first-order valence-corrected chi connectivity index (χ1v) is 14.3. The second-order valence-electron chi connectivity index (χ2n) is 10.1. The molecule has 0 bridgehead atoms. The van der Waals surface area contributed by atoms with Gasteiger partial charge in [-0.05, 0) is 73.5 Å². The second kappa shape index (κ2) is 14.1. The molecule has 5 rings (SSSR count).